The summed E-state index contributed by atoms with van der Waals surface area (Å²) in [5.41, 5.74) is -1.75. The molecule has 0 bridgehead atoms. The highest BCUT2D eigenvalue weighted by molar-refractivity contribution is 5.80. The molecule has 144 valence electrons. The lowest BCUT2D eigenvalue weighted by molar-refractivity contribution is -0.139. The molecule has 3 N–H and O–H groups in total. The first-order valence-corrected chi connectivity index (χ1v) is 8.45. The molecule has 1 fully saturated rings. The number of hydrogen-bond acceptors (Lipinski definition) is 5. The van der Waals surface area contributed by atoms with Crippen LogP contribution in [0.5, 0.6) is 0 Å². The second-order valence-corrected chi connectivity index (χ2v) is 8.48. The Kier molecular flexibility index (Phi) is 6.31. The van der Waals surface area contributed by atoms with Gasteiger partial charge in [0.05, 0.1) is 0 Å². The molecule has 0 spiro atoms. The molecule has 1 atom stereocenters. The van der Waals surface area contributed by atoms with E-state index in [0.29, 0.717) is 6.42 Å². The van der Waals surface area contributed by atoms with Crippen molar-refractivity contribution in [2.24, 2.45) is 0 Å². The van der Waals surface area contributed by atoms with Crippen molar-refractivity contribution in [3.8, 4) is 0 Å². The number of carboxylic acids is 1. The maximum absolute atomic E-state index is 11.9. The van der Waals surface area contributed by atoms with E-state index in [1.165, 1.54) is 0 Å². The van der Waals surface area contributed by atoms with Crippen molar-refractivity contribution in [3.05, 3.63) is 0 Å². The van der Waals surface area contributed by atoms with Gasteiger partial charge >= 0.3 is 18.2 Å². The number of alkyl carbamates (subject to hydrolysis) is 2. The van der Waals surface area contributed by atoms with Crippen molar-refractivity contribution in [2.75, 3.05) is 0 Å². The average molecular weight is 358 g/mol. The average Bonchev–Trinajstić information content (AvgIpc) is 3.09. The third-order valence-electron chi connectivity index (χ3n) is 3.52. The number of nitrogens with one attached hydrogen (secondary N) is 2. The number of aliphatic carboxylic acids is 1. The highest BCUT2D eigenvalue weighted by Gasteiger charge is 2.45. The van der Waals surface area contributed by atoms with Crippen LogP contribution in [-0.4, -0.2) is 46.0 Å². The zero-order chi connectivity index (χ0) is 19.5. The van der Waals surface area contributed by atoms with E-state index in [-0.39, 0.29) is 6.42 Å². The molecule has 8 heteroatoms. The SMILES string of the molecule is CC(C)(C)OC(=O)NC(CCC1(NC(=O)OC(C)(C)C)CC1)C(=O)O. The zero-order valence-electron chi connectivity index (χ0n) is 15.9. The summed E-state index contributed by atoms with van der Waals surface area (Å²) in [6, 6.07) is -1.08. The molecule has 2 amide bonds. The summed E-state index contributed by atoms with van der Waals surface area (Å²) in [5, 5.41) is 14.5. The van der Waals surface area contributed by atoms with Crippen LogP contribution < -0.4 is 10.6 Å². The van der Waals surface area contributed by atoms with Gasteiger partial charge in [-0.25, -0.2) is 14.4 Å². The highest BCUT2D eigenvalue weighted by Crippen LogP contribution is 2.40. The molecule has 0 aromatic rings. The summed E-state index contributed by atoms with van der Waals surface area (Å²) in [4.78, 5) is 35.0. The Bertz CT molecular complexity index is 514. The molecular weight excluding hydrogens is 328 g/mol. The summed E-state index contributed by atoms with van der Waals surface area (Å²) in [5.74, 6) is -1.14. The van der Waals surface area contributed by atoms with Gasteiger partial charge in [0.15, 0.2) is 0 Å². The lowest BCUT2D eigenvalue weighted by Crippen LogP contribution is -2.45. The van der Waals surface area contributed by atoms with Gasteiger partial charge in [0.25, 0.3) is 0 Å². The van der Waals surface area contributed by atoms with E-state index < -0.39 is 40.9 Å². The lowest BCUT2D eigenvalue weighted by atomic mass is 10.0. The summed E-state index contributed by atoms with van der Waals surface area (Å²) in [7, 11) is 0. The maximum atomic E-state index is 11.9. The van der Waals surface area contributed by atoms with Gasteiger partial charge in [-0.3, -0.25) is 0 Å². The van der Waals surface area contributed by atoms with Crippen molar-refractivity contribution in [1.82, 2.24) is 10.6 Å². The molecule has 1 unspecified atom stereocenters. The van der Waals surface area contributed by atoms with Crippen molar-refractivity contribution < 1.29 is 29.0 Å². The van der Waals surface area contributed by atoms with Crippen LogP contribution in [0.1, 0.15) is 67.2 Å². The Labute approximate surface area is 148 Å². The Morgan fingerprint density at radius 1 is 1.00 bits per heavy atom. The topological polar surface area (TPSA) is 114 Å². The van der Waals surface area contributed by atoms with Crippen LogP contribution in [0.4, 0.5) is 9.59 Å². The molecule has 1 aliphatic carbocycles. The molecule has 25 heavy (non-hydrogen) atoms. The van der Waals surface area contributed by atoms with E-state index in [0.717, 1.165) is 12.8 Å². The van der Waals surface area contributed by atoms with Gasteiger partial charge in [-0.1, -0.05) is 0 Å². The molecule has 0 heterocycles. The number of carbonyl (C=O) groups is 3. The highest BCUT2D eigenvalue weighted by atomic mass is 16.6. The van der Waals surface area contributed by atoms with E-state index in [2.05, 4.69) is 10.6 Å². The number of rotatable bonds is 6. The standard InChI is InChI=1S/C17H30N2O6/c1-15(2,3)24-13(22)18-11(12(20)21)7-8-17(9-10-17)19-14(23)25-16(4,5)6/h11H,7-10H2,1-6H3,(H,18,22)(H,19,23)(H,20,21). The van der Waals surface area contributed by atoms with Gasteiger partial charge in [0.1, 0.15) is 17.2 Å². The van der Waals surface area contributed by atoms with Crippen LogP contribution in [0.3, 0.4) is 0 Å². The Morgan fingerprint density at radius 2 is 1.48 bits per heavy atom. The van der Waals surface area contributed by atoms with Crippen LogP contribution >= 0.6 is 0 Å². The van der Waals surface area contributed by atoms with E-state index >= 15 is 0 Å². The quantitative estimate of drug-likeness (QED) is 0.673. The predicted molar refractivity (Wildman–Crippen MR) is 91.4 cm³/mol. The fraction of sp³-hybridized carbons (Fsp3) is 0.824. The van der Waals surface area contributed by atoms with Gasteiger partial charge < -0.3 is 25.2 Å². The van der Waals surface area contributed by atoms with Crippen molar-refractivity contribution in [1.29, 1.82) is 0 Å². The number of ether oxygens (including phenoxy) is 2. The largest absolute Gasteiger partial charge is 0.480 e. The van der Waals surface area contributed by atoms with Gasteiger partial charge in [0, 0.05) is 5.54 Å². The van der Waals surface area contributed by atoms with Crippen molar-refractivity contribution in [3.63, 3.8) is 0 Å². The normalized spacial score (nSPS) is 17.2. The molecular formula is C17H30N2O6. The minimum atomic E-state index is -1.14. The Morgan fingerprint density at radius 3 is 1.88 bits per heavy atom. The van der Waals surface area contributed by atoms with E-state index in [1.54, 1.807) is 41.5 Å². The maximum Gasteiger partial charge on any atom is 0.408 e. The number of carbonyl (C=O) groups excluding carboxylic acids is 2. The first kappa shape index (κ1) is 21.1. The Balaban J connectivity index is 2.53. The smallest absolute Gasteiger partial charge is 0.408 e. The van der Waals surface area contributed by atoms with Crippen LogP contribution in [0.15, 0.2) is 0 Å². The molecule has 1 rings (SSSR count). The zero-order valence-corrected chi connectivity index (χ0v) is 15.9. The molecule has 0 radical (unpaired) electrons. The van der Waals surface area contributed by atoms with Crippen molar-refractivity contribution >= 4 is 18.2 Å². The fourth-order valence-corrected chi connectivity index (χ4v) is 2.24. The second kappa shape index (κ2) is 7.49. The lowest BCUT2D eigenvalue weighted by Gasteiger charge is -2.25. The molecule has 0 aliphatic heterocycles. The van der Waals surface area contributed by atoms with E-state index in [1.807, 2.05) is 0 Å². The first-order chi connectivity index (χ1) is 11.2. The Hall–Kier alpha value is -1.99. The van der Waals surface area contributed by atoms with E-state index in [4.69, 9.17) is 9.47 Å². The summed E-state index contributed by atoms with van der Waals surface area (Å²) < 4.78 is 10.3. The monoisotopic (exact) mass is 358 g/mol. The molecule has 0 aromatic carbocycles. The van der Waals surface area contributed by atoms with Gasteiger partial charge in [-0.2, -0.15) is 0 Å². The third-order valence-corrected chi connectivity index (χ3v) is 3.52. The van der Waals surface area contributed by atoms with Crippen LogP contribution in [0.2, 0.25) is 0 Å². The number of carboxylic acid groups (broad SMARTS) is 1. The summed E-state index contributed by atoms with van der Waals surface area (Å²) in [6.45, 7) is 10.4. The first-order valence-electron chi connectivity index (χ1n) is 8.45. The predicted octanol–water partition coefficient (Wildman–Crippen LogP) is 2.80. The number of hydrogen-bond donors (Lipinski definition) is 3. The molecule has 0 aromatic heterocycles. The second-order valence-electron chi connectivity index (χ2n) is 8.48. The minimum absolute atomic E-state index is 0.185. The van der Waals surface area contributed by atoms with Crippen LogP contribution in [0, 0.1) is 0 Å². The van der Waals surface area contributed by atoms with Gasteiger partial charge in [-0.05, 0) is 67.2 Å². The van der Waals surface area contributed by atoms with Crippen LogP contribution in [0.25, 0.3) is 0 Å². The van der Waals surface area contributed by atoms with Crippen LogP contribution in [-0.2, 0) is 14.3 Å². The van der Waals surface area contributed by atoms with E-state index in [9.17, 15) is 19.5 Å². The third kappa shape index (κ3) is 8.60. The van der Waals surface area contributed by atoms with Gasteiger partial charge in [-0.15, -0.1) is 0 Å². The molecule has 8 nitrogen and oxygen atoms in total. The van der Waals surface area contributed by atoms with Gasteiger partial charge in [0.2, 0.25) is 0 Å². The number of amides is 2. The summed E-state index contributed by atoms with van der Waals surface area (Å²) in [6.07, 6.45) is 0.834. The molecule has 0 saturated heterocycles. The molecule has 1 saturated carbocycles. The fourth-order valence-electron chi connectivity index (χ4n) is 2.24. The summed E-state index contributed by atoms with van der Waals surface area (Å²) >= 11 is 0. The minimum Gasteiger partial charge on any atom is -0.480 e. The molecule has 1 aliphatic rings. The van der Waals surface area contributed by atoms with Crippen molar-refractivity contribution in [2.45, 2.75) is 90.0 Å².